The molecule has 2 aromatic rings. The van der Waals surface area contributed by atoms with Crippen LogP contribution in [0.15, 0.2) is 48.7 Å². The quantitative estimate of drug-likeness (QED) is 0.936. The topological polar surface area (TPSA) is 57.9 Å². The van der Waals surface area contributed by atoms with Crippen molar-refractivity contribution in [3.05, 3.63) is 59.9 Å². The molecule has 0 amide bonds. The minimum Gasteiger partial charge on any atom is -0.381 e. The van der Waals surface area contributed by atoms with E-state index in [1.807, 2.05) is 30.3 Å². The lowest BCUT2D eigenvalue weighted by Gasteiger charge is -2.31. The van der Waals surface area contributed by atoms with Crippen LogP contribution >= 0.6 is 0 Å². The van der Waals surface area contributed by atoms with Gasteiger partial charge in [0.2, 0.25) is 0 Å². The number of ether oxygens (including phenoxy) is 1. The van der Waals surface area contributed by atoms with Crippen molar-refractivity contribution in [3.8, 4) is 6.07 Å². The zero-order valence-electron chi connectivity index (χ0n) is 11.7. The Morgan fingerprint density at radius 2 is 2.05 bits per heavy atom. The largest absolute Gasteiger partial charge is 0.381 e. The van der Waals surface area contributed by atoms with Crippen LogP contribution < -0.4 is 5.32 Å². The highest BCUT2D eigenvalue weighted by Gasteiger charge is 2.23. The van der Waals surface area contributed by atoms with Gasteiger partial charge in [-0.25, -0.2) is 4.98 Å². The third kappa shape index (κ3) is 3.39. The summed E-state index contributed by atoms with van der Waals surface area (Å²) in [5.74, 6) is 0. The number of benzene rings is 1. The van der Waals surface area contributed by atoms with Gasteiger partial charge in [-0.2, -0.15) is 5.26 Å². The lowest BCUT2D eigenvalue weighted by molar-refractivity contribution is 0.00979. The molecule has 1 aliphatic heterocycles. The number of pyridine rings is 1. The van der Waals surface area contributed by atoms with Gasteiger partial charge in [0.05, 0.1) is 18.0 Å². The second-order valence-electron chi connectivity index (χ2n) is 5.18. The zero-order valence-corrected chi connectivity index (χ0v) is 11.7. The highest BCUT2D eigenvalue weighted by molar-refractivity contribution is 5.43. The van der Waals surface area contributed by atoms with Crippen LogP contribution in [0.5, 0.6) is 0 Å². The van der Waals surface area contributed by atoms with Crippen molar-refractivity contribution >= 4 is 5.69 Å². The fourth-order valence-electron chi connectivity index (χ4n) is 2.61. The van der Waals surface area contributed by atoms with E-state index in [2.05, 4.69) is 22.4 Å². The molecule has 1 aromatic heterocycles. The first kappa shape index (κ1) is 13.6. The van der Waals surface area contributed by atoms with E-state index in [1.165, 1.54) is 5.56 Å². The Kier molecular flexibility index (Phi) is 4.13. The highest BCUT2D eigenvalue weighted by Crippen LogP contribution is 2.29. The number of rotatable bonds is 3. The van der Waals surface area contributed by atoms with Crippen LogP contribution in [0.3, 0.4) is 0 Å². The predicted molar refractivity (Wildman–Crippen MR) is 80.7 cm³/mol. The molecule has 0 radical (unpaired) electrons. The first-order chi connectivity index (χ1) is 10.3. The third-order valence-corrected chi connectivity index (χ3v) is 3.70. The van der Waals surface area contributed by atoms with Crippen molar-refractivity contribution in [3.63, 3.8) is 0 Å². The second kappa shape index (κ2) is 6.38. The maximum atomic E-state index is 8.76. The lowest BCUT2D eigenvalue weighted by Crippen LogP contribution is -2.30. The fourth-order valence-corrected chi connectivity index (χ4v) is 2.61. The molecular weight excluding hydrogens is 262 g/mol. The average Bonchev–Trinajstić information content (AvgIpc) is 2.57. The normalized spacial score (nSPS) is 21.5. The molecule has 0 saturated carbocycles. The van der Waals surface area contributed by atoms with Crippen LogP contribution in [0, 0.1) is 11.3 Å². The van der Waals surface area contributed by atoms with Gasteiger partial charge in [-0.05, 0) is 30.5 Å². The molecule has 4 heteroatoms. The summed E-state index contributed by atoms with van der Waals surface area (Å²) < 4.78 is 5.87. The zero-order chi connectivity index (χ0) is 14.5. The number of nitriles is 1. The van der Waals surface area contributed by atoms with E-state index in [9.17, 15) is 0 Å². The van der Waals surface area contributed by atoms with Gasteiger partial charge in [-0.3, -0.25) is 0 Å². The molecule has 21 heavy (non-hydrogen) atoms. The molecule has 106 valence electrons. The summed E-state index contributed by atoms with van der Waals surface area (Å²) in [6.45, 7) is 0.751. The average molecular weight is 279 g/mol. The van der Waals surface area contributed by atoms with Crippen molar-refractivity contribution < 1.29 is 4.74 Å². The molecule has 2 atom stereocenters. The highest BCUT2D eigenvalue weighted by atomic mass is 16.5. The maximum Gasteiger partial charge on any atom is 0.140 e. The summed E-state index contributed by atoms with van der Waals surface area (Å²) in [7, 11) is 0. The van der Waals surface area contributed by atoms with Gasteiger partial charge in [-0.1, -0.05) is 30.3 Å². The van der Waals surface area contributed by atoms with E-state index in [-0.39, 0.29) is 6.10 Å². The first-order valence-corrected chi connectivity index (χ1v) is 7.14. The Balaban J connectivity index is 1.64. The SMILES string of the molecule is N#Cc1ccc(NC2CCOC(c3ccccc3)C2)cn1. The van der Waals surface area contributed by atoms with Gasteiger partial charge in [-0.15, -0.1) is 0 Å². The minimum atomic E-state index is 0.142. The van der Waals surface area contributed by atoms with E-state index in [4.69, 9.17) is 10.00 Å². The number of nitrogens with one attached hydrogen (secondary N) is 1. The maximum absolute atomic E-state index is 8.76. The van der Waals surface area contributed by atoms with Crippen LogP contribution in [0.1, 0.15) is 30.2 Å². The molecule has 4 nitrogen and oxygen atoms in total. The number of hydrogen-bond acceptors (Lipinski definition) is 4. The smallest absolute Gasteiger partial charge is 0.140 e. The summed E-state index contributed by atoms with van der Waals surface area (Å²) in [4.78, 5) is 4.09. The Hall–Kier alpha value is -2.38. The van der Waals surface area contributed by atoms with Gasteiger partial charge < -0.3 is 10.1 Å². The standard InChI is InChI=1S/C17H17N3O/c18-11-15-6-7-16(12-19-15)20-14-8-9-21-17(10-14)13-4-2-1-3-5-13/h1-7,12,14,17,20H,8-10H2. The third-order valence-electron chi connectivity index (χ3n) is 3.70. The fraction of sp³-hybridized carbons (Fsp3) is 0.294. The van der Waals surface area contributed by atoms with Gasteiger partial charge in [0, 0.05) is 12.6 Å². The van der Waals surface area contributed by atoms with Crippen LogP contribution in [0.25, 0.3) is 0 Å². The van der Waals surface area contributed by atoms with Crippen LogP contribution in [-0.2, 0) is 4.74 Å². The molecule has 2 heterocycles. The van der Waals surface area contributed by atoms with Crippen LogP contribution in [-0.4, -0.2) is 17.6 Å². The van der Waals surface area contributed by atoms with Gasteiger partial charge in [0.15, 0.2) is 0 Å². The molecule has 1 aliphatic rings. The Morgan fingerprint density at radius 3 is 2.76 bits per heavy atom. The van der Waals surface area contributed by atoms with Crippen molar-refractivity contribution in [1.82, 2.24) is 4.98 Å². The monoisotopic (exact) mass is 279 g/mol. The number of aromatic nitrogens is 1. The molecule has 1 fully saturated rings. The van der Waals surface area contributed by atoms with Crippen molar-refractivity contribution in [2.75, 3.05) is 11.9 Å². The molecule has 0 aliphatic carbocycles. The molecule has 2 unspecified atom stereocenters. The second-order valence-corrected chi connectivity index (χ2v) is 5.18. The number of nitrogens with zero attached hydrogens (tertiary/aromatic N) is 2. The molecule has 3 rings (SSSR count). The summed E-state index contributed by atoms with van der Waals surface area (Å²) in [6.07, 6.45) is 3.77. The van der Waals surface area contributed by atoms with Gasteiger partial charge in [0.25, 0.3) is 0 Å². The first-order valence-electron chi connectivity index (χ1n) is 7.14. The number of hydrogen-bond donors (Lipinski definition) is 1. The Bertz CT molecular complexity index is 619. The number of anilines is 1. The van der Waals surface area contributed by atoms with E-state index < -0.39 is 0 Å². The molecule has 0 spiro atoms. The molecule has 0 bridgehead atoms. The van der Waals surface area contributed by atoms with E-state index in [0.717, 1.165) is 25.1 Å². The summed E-state index contributed by atoms with van der Waals surface area (Å²) >= 11 is 0. The van der Waals surface area contributed by atoms with E-state index >= 15 is 0 Å². The molecule has 1 aromatic carbocycles. The molecule has 1 N–H and O–H groups in total. The van der Waals surface area contributed by atoms with E-state index in [1.54, 1.807) is 12.3 Å². The summed E-state index contributed by atoms with van der Waals surface area (Å²) in [5.41, 5.74) is 2.62. The van der Waals surface area contributed by atoms with E-state index in [0.29, 0.717) is 11.7 Å². The predicted octanol–water partition coefficient (Wildman–Crippen LogP) is 3.29. The molecular formula is C17H17N3O. The van der Waals surface area contributed by atoms with Gasteiger partial charge in [0.1, 0.15) is 11.8 Å². The Morgan fingerprint density at radius 1 is 1.19 bits per heavy atom. The lowest BCUT2D eigenvalue weighted by atomic mass is 9.97. The van der Waals surface area contributed by atoms with Gasteiger partial charge >= 0.3 is 0 Å². The Labute approximate surface area is 124 Å². The van der Waals surface area contributed by atoms with Crippen molar-refractivity contribution in [2.45, 2.75) is 25.0 Å². The van der Waals surface area contributed by atoms with Crippen molar-refractivity contribution in [2.24, 2.45) is 0 Å². The molecule has 1 saturated heterocycles. The van der Waals surface area contributed by atoms with Crippen LogP contribution in [0.4, 0.5) is 5.69 Å². The summed E-state index contributed by atoms with van der Waals surface area (Å²) in [6, 6.07) is 16.3. The van der Waals surface area contributed by atoms with Crippen LogP contribution in [0.2, 0.25) is 0 Å². The van der Waals surface area contributed by atoms with Crippen molar-refractivity contribution in [1.29, 1.82) is 5.26 Å². The summed E-state index contributed by atoms with van der Waals surface area (Å²) in [5, 5.41) is 12.2. The minimum absolute atomic E-state index is 0.142.